The van der Waals surface area contributed by atoms with E-state index in [0.717, 1.165) is 52.6 Å². The molecule has 0 spiro atoms. The molecule has 32 heavy (non-hydrogen) atoms. The molecule has 0 N–H and O–H groups in total. The second-order valence-electron chi connectivity index (χ2n) is 9.00. The molecule has 6 rings (SSSR count). The van der Waals surface area contributed by atoms with Gasteiger partial charge < -0.3 is 9.47 Å². The standard InChI is InChI=1S/2C13H16N2O/c2*1-15-4-5-16-9-13(15)10-2-3-11-7-14-8-12(11)6-10/h2*2-3,6-7,13H,4-5,8-9H2,1H3. The molecule has 2 unspecified atom stereocenters. The van der Waals surface area contributed by atoms with Crippen molar-refractivity contribution in [2.24, 2.45) is 9.98 Å². The van der Waals surface area contributed by atoms with Crippen LogP contribution in [0.4, 0.5) is 0 Å². The molecule has 6 heteroatoms. The Morgan fingerprint density at radius 2 is 1.19 bits per heavy atom. The first-order chi connectivity index (χ1) is 15.7. The van der Waals surface area contributed by atoms with Crippen LogP contribution in [0.25, 0.3) is 0 Å². The van der Waals surface area contributed by atoms with Crippen molar-refractivity contribution in [3.63, 3.8) is 0 Å². The summed E-state index contributed by atoms with van der Waals surface area (Å²) in [4.78, 5) is 13.3. The molecule has 0 bridgehead atoms. The minimum atomic E-state index is 0.402. The summed E-state index contributed by atoms with van der Waals surface area (Å²) in [5.41, 5.74) is 7.93. The Morgan fingerprint density at radius 1 is 0.719 bits per heavy atom. The van der Waals surface area contributed by atoms with E-state index in [4.69, 9.17) is 9.47 Å². The average molecular weight is 433 g/mol. The largest absolute Gasteiger partial charge is 0.378 e. The van der Waals surface area contributed by atoms with Gasteiger partial charge in [0.15, 0.2) is 0 Å². The highest BCUT2D eigenvalue weighted by atomic mass is 16.5. The number of morpholine rings is 2. The number of benzene rings is 2. The maximum Gasteiger partial charge on any atom is 0.0664 e. The van der Waals surface area contributed by atoms with Crippen LogP contribution in [0.15, 0.2) is 46.4 Å². The Morgan fingerprint density at radius 3 is 1.62 bits per heavy atom. The van der Waals surface area contributed by atoms with Crippen LogP contribution in [0, 0.1) is 0 Å². The van der Waals surface area contributed by atoms with E-state index in [1.807, 2.05) is 12.4 Å². The van der Waals surface area contributed by atoms with Gasteiger partial charge in [-0.3, -0.25) is 19.8 Å². The zero-order valence-corrected chi connectivity index (χ0v) is 19.0. The molecular formula is C26H32N4O2. The normalized spacial score (nSPS) is 24.7. The molecule has 0 aromatic heterocycles. The number of hydrogen-bond acceptors (Lipinski definition) is 6. The van der Waals surface area contributed by atoms with E-state index < -0.39 is 0 Å². The predicted molar refractivity (Wildman–Crippen MR) is 128 cm³/mol. The minimum Gasteiger partial charge on any atom is -0.378 e. The highest BCUT2D eigenvalue weighted by molar-refractivity contribution is 5.85. The second kappa shape index (κ2) is 9.63. The number of ether oxygens (including phenoxy) is 2. The van der Waals surface area contributed by atoms with E-state index in [0.29, 0.717) is 12.1 Å². The highest BCUT2D eigenvalue weighted by Gasteiger charge is 2.23. The Labute approximate surface area is 190 Å². The van der Waals surface area contributed by atoms with Crippen LogP contribution in [0.5, 0.6) is 0 Å². The third kappa shape index (κ3) is 4.55. The zero-order valence-electron chi connectivity index (χ0n) is 19.0. The Bertz CT molecular complexity index is 937. The Hall–Kier alpha value is -2.38. The van der Waals surface area contributed by atoms with Gasteiger partial charge in [-0.25, -0.2) is 0 Å². The second-order valence-corrected chi connectivity index (χ2v) is 9.00. The Balaban J connectivity index is 0.000000135. The zero-order chi connectivity index (χ0) is 21.9. The first kappa shape index (κ1) is 21.5. The summed E-state index contributed by atoms with van der Waals surface area (Å²) in [6.07, 6.45) is 3.92. The van der Waals surface area contributed by atoms with Crippen LogP contribution >= 0.6 is 0 Å². The lowest BCUT2D eigenvalue weighted by atomic mass is 10.00. The van der Waals surface area contributed by atoms with Gasteiger partial charge in [0, 0.05) is 25.5 Å². The van der Waals surface area contributed by atoms with Gasteiger partial charge in [0.25, 0.3) is 0 Å². The molecule has 0 radical (unpaired) electrons. The first-order valence-electron chi connectivity index (χ1n) is 11.5. The van der Waals surface area contributed by atoms with Gasteiger partial charge in [0.1, 0.15) is 0 Å². The number of rotatable bonds is 2. The summed E-state index contributed by atoms with van der Waals surface area (Å²) in [6.45, 7) is 6.99. The summed E-state index contributed by atoms with van der Waals surface area (Å²) in [5, 5.41) is 0. The van der Waals surface area contributed by atoms with Crippen molar-refractivity contribution >= 4 is 12.4 Å². The first-order valence-corrected chi connectivity index (χ1v) is 11.5. The quantitative estimate of drug-likeness (QED) is 0.731. The van der Waals surface area contributed by atoms with Crippen molar-refractivity contribution in [3.8, 4) is 0 Å². The summed E-state index contributed by atoms with van der Waals surface area (Å²) >= 11 is 0. The molecular weight excluding hydrogens is 400 g/mol. The van der Waals surface area contributed by atoms with Gasteiger partial charge in [-0.1, -0.05) is 36.4 Å². The fourth-order valence-electron chi connectivity index (χ4n) is 4.75. The lowest BCUT2D eigenvalue weighted by Crippen LogP contribution is -2.36. The molecule has 6 nitrogen and oxygen atoms in total. The van der Waals surface area contributed by atoms with E-state index in [1.165, 1.54) is 33.4 Å². The lowest BCUT2D eigenvalue weighted by molar-refractivity contribution is 0.00499. The van der Waals surface area contributed by atoms with E-state index in [2.05, 4.69) is 70.3 Å². The van der Waals surface area contributed by atoms with Crippen molar-refractivity contribution in [2.45, 2.75) is 25.2 Å². The SMILES string of the molecule is CN1CCOCC1c1ccc2c(c1)CN=C2.CN1CCOCC1c1ccc2c(c1)CN=C2. The number of aliphatic imine (C=N–C) groups is 2. The lowest BCUT2D eigenvalue weighted by Gasteiger charge is -2.32. The van der Waals surface area contributed by atoms with Gasteiger partial charge in [0.05, 0.1) is 51.6 Å². The average Bonchev–Trinajstić information content (AvgIpc) is 3.48. The van der Waals surface area contributed by atoms with E-state index in [9.17, 15) is 0 Å². The van der Waals surface area contributed by atoms with Gasteiger partial charge in [-0.15, -0.1) is 0 Å². The van der Waals surface area contributed by atoms with Crippen molar-refractivity contribution < 1.29 is 9.47 Å². The molecule has 2 aromatic carbocycles. The van der Waals surface area contributed by atoms with Crippen LogP contribution in [0.3, 0.4) is 0 Å². The number of hydrogen-bond donors (Lipinski definition) is 0. The summed E-state index contributed by atoms with van der Waals surface area (Å²) in [5.74, 6) is 0. The van der Waals surface area contributed by atoms with Crippen LogP contribution < -0.4 is 0 Å². The van der Waals surface area contributed by atoms with E-state index in [1.54, 1.807) is 0 Å². The number of likely N-dealkylation sites (N-methyl/N-ethyl adjacent to an activating group) is 2. The summed E-state index contributed by atoms with van der Waals surface area (Å²) in [6, 6.07) is 14.1. The van der Waals surface area contributed by atoms with Crippen molar-refractivity contribution in [1.29, 1.82) is 0 Å². The maximum atomic E-state index is 5.55. The highest BCUT2D eigenvalue weighted by Crippen LogP contribution is 2.27. The molecule has 0 saturated carbocycles. The summed E-state index contributed by atoms with van der Waals surface area (Å²) < 4.78 is 11.1. The smallest absolute Gasteiger partial charge is 0.0664 e. The third-order valence-electron chi connectivity index (χ3n) is 6.88. The molecule has 2 aromatic rings. The van der Waals surface area contributed by atoms with Crippen LogP contribution in [-0.2, 0) is 22.6 Å². The molecule has 2 saturated heterocycles. The summed E-state index contributed by atoms with van der Waals surface area (Å²) in [7, 11) is 4.33. The van der Waals surface area contributed by atoms with Crippen molar-refractivity contribution in [3.05, 3.63) is 69.8 Å². The van der Waals surface area contributed by atoms with E-state index >= 15 is 0 Å². The van der Waals surface area contributed by atoms with Gasteiger partial charge >= 0.3 is 0 Å². The van der Waals surface area contributed by atoms with Crippen molar-refractivity contribution in [1.82, 2.24) is 9.80 Å². The molecule has 2 atom stereocenters. The van der Waals surface area contributed by atoms with Crippen molar-refractivity contribution in [2.75, 3.05) is 53.6 Å². The monoisotopic (exact) mass is 432 g/mol. The Kier molecular flexibility index (Phi) is 6.46. The van der Waals surface area contributed by atoms with Gasteiger partial charge in [0.2, 0.25) is 0 Å². The van der Waals surface area contributed by atoms with Crippen LogP contribution in [0.1, 0.15) is 45.5 Å². The molecule has 2 fully saturated rings. The maximum absolute atomic E-state index is 5.55. The molecule has 4 heterocycles. The van der Waals surface area contributed by atoms with Crippen LogP contribution in [-0.4, -0.2) is 75.8 Å². The topological polar surface area (TPSA) is 49.7 Å². The minimum absolute atomic E-state index is 0.402. The number of fused-ring (bicyclic) bond motifs is 2. The molecule has 0 aliphatic carbocycles. The fourth-order valence-corrected chi connectivity index (χ4v) is 4.75. The fraction of sp³-hybridized carbons (Fsp3) is 0.462. The molecule has 4 aliphatic heterocycles. The molecule has 168 valence electrons. The molecule has 0 amide bonds. The third-order valence-corrected chi connectivity index (χ3v) is 6.88. The van der Waals surface area contributed by atoms with Gasteiger partial charge in [-0.2, -0.15) is 0 Å². The van der Waals surface area contributed by atoms with Gasteiger partial charge in [-0.05, 0) is 47.5 Å². The predicted octanol–water partition coefficient (Wildman–Crippen LogP) is 3.24. The van der Waals surface area contributed by atoms with Crippen LogP contribution in [0.2, 0.25) is 0 Å². The molecule has 4 aliphatic rings. The van der Waals surface area contributed by atoms with E-state index in [-0.39, 0.29) is 0 Å². The number of nitrogens with zero attached hydrogens (tertiary/aromatic N) is 4.